The van der Waals surface area contributed by atoms with E-state index >= 15 is 0 Å². The fourth-order valence-electron chi connectivity index (χ4n) is 1.07. The summed E-state index contributed by atoms with van der Waals surface area (Å²) in [5.41, 5.74) is -0.186. The Balaban J connectivity index is 2.74. The largest absolute Gasteiger partial charge is 0.394 e. The number of rotatable bonds is 4. The van der Waals surface area contributed by atoms with Crippen molar-refractivity contribution in [2.75, 3.05) is 6.61 Å². The molecule has 0 aliphatic rings. The zero-order valence-electron chi connectivity index (χ0n) is 10.1. The lowest BCUT2D eigenvalue weighted by Gasteiger charge is -2.22. The van der Waals surface area contributed by atoms with E-state index in [0.29, 0.717) is 11.6 Å². The smallest absolute Gasteiger partial charge is 0.271 e. The molecule has 0 aromatic carbocycles. The third-order valence-corrected chi connectivity index (χ3v) is 3.24. The van der Waals surface area contributed by atoms with Gasteiger partial charge in [-0.05, 0) is 13.8 Å². The van der Waals surface area contributed by atoms with Crippen LogP contribution in [0.2, 0.25) is 0 Å². The molecule has 0 fully saturated rings. The van der Waals surface area contributed by atoms with E-state index in [9.17, 15) is 4.79 Å². The first-order chi connectivity index (χ1) is 7.35. The molecule has 0 unspecified atom stereocenters. The Labute approximate surface area is 99.7 Å². The number of aromatic nitrogens is 1. The maximum absolute atomic E-state index is 11.8. The van der Waals surface area contributed by atoms with Crippen molar-refractivity contribution in [2.24, 2.45) is 0 Å². The number of hydrogen-bond acceptors (Lipinski definition) is 4. The van der Waals surface area contributed by atoms with Crippen LogP contribution in [0.4, 0.5) is 0 Å². The number of aliphatic hydroxyl groups is 1. The molecule has 1 aromatic heterocycles. The van der Waals surface area contributed by atoms with Crippen molar-refractivity contribution < 1.29 is 9.90 Å². The van der Waals surface area contributed by atoms with E-state index in [0.717, 1.165) is 5.01 Å². The molecule has 4 nitrogen and oxygen atoms in total. The van der Waals surface area contributed by atoms with Crippen LogP contribution in [0.3, 0.4) is 0 Å². The van der Waals surface area contributed by atoms with Gasteiger partial charge in [0.2, 0.25) is 0 Å². The molecule has 0 saturated carbocycles. The number of thiazole rings is 1. The standard InChI is InChI=1S/C11H18N2O2S/c1-7(2)10-12-8(5-16-10)9(15)13-11(3,4)6-14/h5,7,14H,6H2,1-4H3,(H,13,15). The van der Waals surface area contributed by atoms with E-state index in [2.05, 4.69) is 10.3 Å². The normalized spacial score (nSPS) is 11.9. The summed E-state index contributed by atoms with van der Waals surface area (Å²) in [6.07, 6.45) is 0. The number of nitrogens with zero attached hydrogens (tertiary/aromatic N) is 1. The predicted octanol–water partition coefficient (Wildman–Crippen LogP) is 1.77. The van der Waals surface area contributed by atoms with Crippen LogP contribution in [0.1, 0.15) is 49.1 Å². The summed E-state index contributed by atoms with van der Waals surface area (Å²) in [5, 5.41) is 14.5. The van der Waals surface area contributed by atoms with Gasteiger partial charge in [0.1, 0.15) is 5.69 Å². The van der Waals surface area contributed by atoms with E-state index < -0.39 is 5.54 Å². The van der Waals surface area contributed by atoms with Crippen LogP contribution in [0.25, 0.3) is 0 Å². The van der Waals surface area contributed by atoms with E-state index in [4.69, 9.17) is 5.11 Å². The number of amides is 1. The molecule has 0 atom stereocenters. The van der Waals surface area contributed by atoms with Gasteiger partial charge in [0, 0.05) is 11.3 Å². The Morgan fingerprint density at radius 3 is 2.69 bits per heavy atom. The molecule has 0 aliphatic carbocycles. The third kappa shape index (κ3) is 3.28. The van der Waals surface area contributed by atoms with Crippen molar-refractivity contribution in [3.63, 3.8) is 0 Å². The van der Waals surface area contributed by atoms with Gasteiger partial charge in [-0.2, -0.15) is 0 Å². The molecule has 2 N–H and O–H groups in total. The van der Waals surface area contributed by atoms with Crippen LogP contribution in [0, 0.1) is 0 Å². The van der Waals surface area contributed by atoms with Crippen molar-refractivity contribution in [3.05, 3.63) is 16.1 Å². The second-order valence-corrected chi connectivity index (χ2v) is 5.61. The summed E-state index contributed by atoms with van der Waals surface area (Å²) in [6.45, 7) is 7.51. The number of aliphatic hydroxyl groups excluding tert-OH is 1. The van der Waals surface area contributed by atoms with Crippen LogP contribution < -0.4 is 5.32 Å². The predicted molar refractivity (Wildman–Crippen MR) is 64.8 cm³/mol. The van der Waals surface area contributed by atoms with Gasteiger partial charge in [-0.25, -0.2) is 4.98 Å². The Morgan fingerprint density at radius 2 is 2.25 bits per heavy atom. The monoisotopic (exact) mass is 242 g/mol. The first kappa shape index (κ1) is 13.1. The van der Waals surface area contributed by atoms with Gasteiger partial charge in [-0.15, -0.1) is 11.3 Å². The second kappa shape index (κ2) is 4.93. The van der Waals surface area contributed by atoms with Crippen LogP contribution in [-0.4, -0.2) is 28.1 Å². The lowest BCUT2D eigenvalue weighted by atomic mass is 10.1. The summed E-state index contributed by atoms with van der Waals surface area (Å²) in [4.78, 5) is 16.0. The molecule has 1 aromatic rings. The van der Waals surface area contributed by atoms with Gasteiger partial charge < -0.3 is 10.4 Å². The molecule has 16 heavy (non-hydrogen) atoms. The average molecular weight is 242 g/mol. The molecule has 0 saturated heterocycles. The quantitative estimate of drug-likeness (QED) is 0.845. The number of carbonyl (C=O) groups is 1. The Bertz CT molecular complexity index is 372. The molecule has 0 spiro atoms. The number of carbonyl (C=O) groups excluding carboxylic acids is 1. The maximum Gasteiger partial charge on any atom is 0.271 e. The highest BCUT2D eigenvalue weighted by Crippen LogP contribution is 2.19. The van der Waals surface area contributed by atoms with E-state index in [-0.39, 0.29) is 12.5 Å². The van der Waals surface area contributed by atoms with E-state index in [1.54, 1.807) is 19.2 Å². The average Bonchev–Trinajstić information content (AvgIpc) is 2.66. The highest BCUT2D eigenvalue weighted by atomic mass is 32.1. The van der Waals surface area contributed by atoms with Gasteiger partial charge in [0.15, 0.2) is 0 Å². The second-order valence-electron chi connectivity index (χ2n) is 4.72. The lowest BCUT2D eigenvalue weighted by Crippen LogP contribution is -2.46. The van der Waals surface area contributed by atoms with E-state index in [1.807, 2.05) is 13.8 Å². The van der Waals surface area contributed by atoms with Gasteiger partial charge in [-0.3, -0.25) is 4.79 Å². The van der Waals surface area contributed by atoms with Gasteiger partial charge in [-0.1, -0.05) is 13.8 Å². The fraction of sp³-hybridized carbons (Fsp3) is 0.636. The van der Waals surface area contributed by atoms with Crippen LogP contribution in [0.5, 0.6) is 0 Å². The number of nitrogens with one attached hydrogen (secondary N) is 1. The van der Waals surface area contributed by atoms with Crippen LogP contribution in [0.15, 0.2) is 5.38 Å². The van der Waals surface area contributed by atoms with Crippen molar-refractivity contribution in [3.8, 4) is 0 Å². The van der Waals surface area contributed by atoms with Crippen molar-refractivity contribution in [1.82, 2.24) is 10.3 Å². The Morgan fingerprint density at radius 1 is 1.62 bits per heavy atom. The molecule has 0 radical (unpaired) electrons. The third-order valence-electron chi connectivity index (χ3n) is 2.10. The summed E-state index contributed by atoms with van der Waals surface area (Å²) in [6, 6.07) is 0. The van der Waals surface area contributed by atoms with Gasteiger partial charge in [0.25, 0.3) is 5.91 Å². The minimum atomic E-state index is -0.612. The first-order valence-electron chi connectivity index (χ1n) is 5.24. The minimum absolute atomic E-state index is 0.0973. The molecule has 0 bridgehead atoms. The highest BCUT2D eigenvalue weighted by Gasteiger charge is 2.21. The molecule has 90 valence electrons. The minimum Gasteiger partial charge on any atom is -0.394 e. The number of hydrogen-bond donors (Lipinski definition) is 2. The molecule has 1 amide bonds. The molecule has 1 rings (SSSR count). The molecular formula is C11H18N2O2S. The van der Waals surface area contributed by atoms with E-state index in [1.165, 1.54) is 11.3 Å². The van der Waals surface area contributed by atoms with Crippen molar-refractivity contribution in [2.45, 2.75) is 39.2 Å². The van der Waals surface area contributed by atoms with Crippen molar-refractivity contribution in [1.29, 1.82) is 0 Å². The summed E-state index contributed by atoms with van der Waals surface area (Å²) in [5.74, 6) is 0.0969. The molecule has 0 aliphatic heterocycles. The fourth-order valence-corrected chi connectivity index (χ4v) is 1.88. The first-order valence-corrected chi connectivity index (χ1v) is 6.12. The molecule has 1 heterocycles. The zero-order valence-corrected chi connectivity index (χ0v) is 10.9. The Hall–Kier alpha value is -0.940. The maximum atomic E-state index is 11.8. The van der Waals surface area contributed by atoms with Crippen LogP contribution in [-0.2, 0) is 0 Å². The zero-order chi connectivity index (χ0) is 12.3. The lowest BCUT2D eigenvalue weighted by molar-refractivity contribution is 0.0865. The Kier molecular flexibility index (Phi) is 4.04. The van der Waals surface area contributed by atoms with Crippen molar-refractivity contribution >= 4 is 17.2 Å². The summed E-state index contributed by atoms with van der Waals surface area (Å²) >= 11 is 1.49. The SMILES string of the molecule is CC(C)c1nc(C(=O)NC(C)(C)CO)cs1. The molecule has 5 heteroatoms. The van der Waals surface area contributed by atoms with Crippen LogP contribution >= 0.6 is 11.3 Å². The molecular weight excluding hydrogens is 224 g/mol. The summed E-state index contributed by atoms with van der Waals surface area (Å²) in [7, 11) is 0. The highest BCUT2D eigenvalue weighted by molar-refractivity contribution is 7.09. The van der Waals surface area contributed by atoms with Gasteiger partial charge >= 0.3 is 0 Å². The van der Waals surface area contributed by atoms with Gasteiger partial charge in [0.05, 0.1) is 17.2 Å². The topological polar surface area (TPSA) is 62.2 Å². The summed E-state index contributed by atoms with van der Waals surface area (Å²) < 4.78 is 0.